The van der Waals surface area contributed by atoms with Gasteiger partial charge in [-0.05, 0) is 44.7 Å². The van der Waals surface area contributed by atoms with E-state index in [1.54, 1.807) is 35.1 Å². The number of likely N-dealkylation sites (tertiary alicyclic amines) is 1. The number of hydrogen-bond acceptors (Lipinski definition) is 6. The average Bonchev–Trinajstić information content (AvgIpc) is 3.19. The van der Waals surface area contributed by atoms with Crippen LogP contribution in [0.1, 0.15) is 47.4 Å². The number of ether oxygens (including phenoxy) is 1. The van der Waals surface area contributed by atoms with Crippen LogP contribution in [-0.4, -0.2) is 56.4 Å². The number of carbonyl (C=O) groups excluding carboxylic acids is 2. The number of H-pyrrole nitrogens is 1. The minimum absolute atomic E-state index is 0.0699. The van der Waals surface area contributed by atoms with Crippen LogP contribution >= 0.6 is 0 Å². The minimum Gasteiger partial charge on any atom is -0.481 e. The maximum absolute atomic E-state index is 12.7. The number of amides is 1. The number of ketones is 1. The molecule has 0 unspecified atom stereocenters. The second-order valence-electron chi connectivity index (χ2n) is 8.19. The van der Waals surface area contributed by atoms with Crippen LogP contribution in [0.25, 0.3) is 5.52 Å². The van der Waals surface area contributed by atoms with Gasteiger partial charge in [-0.15, -0.1) is 0 Å². The number of aromatic nitrogens is 4. The molecule has 0 aromatic carbocycles. The molecule has 1 fully saturated rings. The second-order valence-corrected chi connectivity index (χ2v) is 8.19. The molecule has 1 aliphatic heterocycles. The Labute approximate surface area is 185 Å². The molecule has 4 heterocycles. The Morgan fingerprint density at radius 1 is 1.25 bits per heavy atom. The van der Waals surface area contributed by atoms with E-state index in [9.17, 15) is 14.4 Å². The third-order valence-corrected chi connectivity index (χ3v) is 5.93. The summed E-state index contributed by atoms with van der Waals surface area (Å²) in [6.07, 6.45) is 6.29. The highest BCUT2D eigenvalue weighted by Crippen LogP contribution is 2.23. The number of nitrogens with zero attached hydrogens (tertiary/aromatic N) is 4. The van der Waals surface area contributed by atoms with Crippen molar-refractivity contribution < 1.29 is 14.3 Å². The van der Waals surface area contributed by atoms with Gasteiger partial charge in [0.15, 0.2) is 5.78 Å². The normalized spacial score (nSPS) is 14.6. The van der Waals surface area contributed by atoms with Gasteiger partial charge in [-0.1, -0.05) is 0 Å². The number of piperidine rings is 1. The van der Waals surface area contributed by atoms with Gasteiger partial charge in [0.05, 0.1) is 12.8 Å². The van der Waals surface area contributed by atoms with Gasteiger partial charge in [-0.3, -0.25) is 14.4 Å². The summed E-state index contributed by atoms with van der Waals surface area (Å²) in [5.41, 5.74) is 2.47. The van der Waals surface area contributed by atoms with Crippen molar-refractivity contribution in [3.05, 3.63) is 57.9 Å². The minimum atomic E-state index is -0.173. The summed E-state index contributed by atoms with van der Waals surface area (Å²) in [6.45, 7) is 3.00. The van der Waals surface area contributed by atoms with E-state index in [2.05, 4.69) is 15.1 Å². The highest BCUT2D eigenvalue weighted by atomic mass is 16.5. The van der Waals surface area contributed by atoms with Crippen molar-refractivity contribution >= 4 is 17.2 Å². The first-order valence-electron chi connectivity index (χ1n) is 10.8. The summed E-state index contributed by atoms with van der Waals surface area (Å²) in [4.78, 5) is 46.3. The molecule has 168 valence electrons. The molecule has 0 spiro atoms. The predicted molar refractivity (Wildman–Crippen MR) is 118 cm³/mol. The van der Waals surface area contributed by atoms with E-state index >= 15 is 0 Å². The Bertz CT molecular complexity index is 1170. The van der Waals surface area contributed by atoms with Crippen molar-refractivity contribution in [1.82, 2.24) is 24.5 Å². The lowest BCUT2D eigenvalue weighted by molar-refractivity contribution is -0.132. The number of carbonyl (C=O) groups is 2. The molecular formula is C23H27N5O4. The maximum Gasteiger partial charge on any atom is 0.274 e. The molecule has 9 heteroatoms. The van der Waals surface area contributed by atoms with Crippen molar-refractivity contribution in [3.63, 3.8) is 0 Å². The summed E-state index contributed by atoms with van der Waals surface area (Å²) in [7, 11) is 1.54. The predicted octanol–water partition coefficient (Wildman–Crippen LogP) is 2.18. The molecule has 0 saturated carbocycles. The number of rotatable bonds is 7. The van der Waals surface area contributed by atoms with Gasteiger partial charge in [0.2, 0.25) is 11.8 Å². The second kappa shape index (κ2) is 9.33. The number of methoxy groups -OCH3 is 1. The molecule has 0 aliphatic carbocycles. The molecule has 9 nitrogen and oxygen atoms in total. The van der Waals surface area contributed by atoms with Crippen molar-refractivity contribution in [2.45, 2.75) is 39.0 Å². The van der Waals surface area contributed by atoms with Crippen molar-refractivity contribution in [3.8, 4) is 5.88 Å². The molecular weight excluding hydrogens is 410 g/mol. The van der Waals surface area contributed by atoms with Crippen LogP contribution in [0.2, 0.25) is 0 Å². The number of pyridine rings is 1. The molecule has 1 aliphatic rings. The Balaban J connectivity index is 1.25. The summed E-state index contributed by atoms with van der Waals surface area (Å²) in [5, 5.41) is 4.29. The number of fused-ring (bicyclic) bond motifs is 1. The van der Waals surface area contributed by atoms with Crippen LogP contribution < -0.4 is 10.3 Å². The molecule has 1 N–H and O–H groups in total. The van der Waals surface area contributed by atoms with Crippen LogP contribution in [0.3, 0.4) is 0 Å². The molecule has 3 aromatic rings. The highest BCUT2D eigenvalue weighted by Gasteiger charge is 2.28. The smallest absolute Gasteiger partial charge is 0.274 e. The van der Waals surface area contributed by atoms with Gasteiger partial charge in [0.25, 0.3) is 5.56 Å². The Kier molecular flexibility index (Phi) is 6.34. The molecule has 1 amide bonds. The van der Waals surface area contributed by atoms with Crippen LogP contribution in [0.5, 0.6) is 5.88 Å². The molecule has 32 heavy (non-hydrogen) atoms. The fourth-order valence-electron chi connectivity index (χ4n) is 4.16. The topological polar surface area (TPSA) is 110 Å². The largest absolute Gasteiger partial charge is 0.481 e. The molecule has 3 aromatic heterocycles. The highest BCUT2D eigenvalue weighted by molar-refractivity contribution is 5.97. The van der Waals surface area contributed by atoms with E-state index in [4.69, 9.17) is 4.74 Å². The molecule has 0 atom stereocenters. The average molecular weight is 438 g/mol. The Morgan fingerprint density at radius 3 is 2.72 bits per heavy atom. The van der Waals surface area contributed by atoms with Crippen molar-refractivity contribution in [2.24, 2.45) is 5.92 Å². The van der Waals surface area contributed by atoms with Crippen LogP contribution in [0.4, 0.5) is 0 Å². The zero-order valence-corrected chi connectivity index (χ0v) is 18.3. The first kappa shape index (κ1) is 21.7. The molecule has 0 radical (unpaired) electrons. The zero-order valence-electron chi connectivity index (χ0n) is 18.3. The standard InChI is InChI=1S/C23H27N5O4/c1-15-12-19-23(31)25-18(14-28(19)26-15)4-3-5-21(29)27-10-8-16(9-11-27)22(30)17-6-7-20(32-2)24-13-17/h6-7,12-14,16H,3-5,8-11H2,1-2H3,(H,25,31). The zero-order chi connectivity index (χ0) is 22.7. The van der Waals surface area contributed by atoms with E-state index in [1.807, 2.05) is 11.8 Å². The number of hydrogen-bond donors (Lipinski definition) is 1. The summed E-state index contributed by atoms with van der Waals surface area (Å²) in [6, 6.07) is 5.16. The number of aromatic amines is 1. The quantitative estimate of drug-likeness (QED) is 0.568. The third kappa shape index (κ3) is 4.71. The van der Waals surface area contributed by atoms with Gasteiger partial charge in [-0.2, -0.15) is 5.10 Å². The number of aryl methyl sites for hydroxylation is 2. The fourth-order valence-corrected chi connectivity index (χ4v) is 4.16. The van der Waals surface area contributed by atoms with Crippen LogP contribution in [0, 0.1) is 12.8 Å². The van der Waals surface area contributed by atoms with Crippen molar-refractivity contribution in [1.29, 1.82) is 0 Å². The fraction of sp³-hybridized carbons (Fsp3) is 0.435. The maximum atomic E-state index is 12.7. The van der Waals surface area contributed by atoms with Gasteiger partial charge in [-0.25, -0.2) is 9.50 Å². The van der Waals surface area contributed by atoms with Gasteiger partial charge in [0.1, 0.15) is 5.52 Å². The van der Waals surface area contributed by atoms with Gasteiger partial charge < -0.3 is 14.6 Å². The lowest BCUT2D eigenvalue weighted by Crippen LogP contribution is -2.40. The SMILES string of the molecule is COc1ccc(C(=O)C2CCN(C(=O)CCCc3cn4nc(C)cc4c(=O)[nH]3)CC2)cn1. The first-order valence-corrected chi connectivity index (χ1v) is 10.8. The number of nitrogens with one attached hydrogen (secondary N) is 1. The number of Topliss-reactive ketones (excluding diaryl/α,β-unsaturated/α-hetero) is 1. The lowest BCUT2D eigenvalue weighted by Gasteiger charge is -2.31. The van der Waals surface area contributed by atoms with Gasteiger partial charge >= 0.3 is 0 Å². The van der Waals surface area contributed by atoms with Crippen LogP contribution in [0.15, 0.2) is 35.4 Å². The van der Waals surface area contributed by atoms with E-state index < -0.39 is 0 Å². The summed E-state index contributed by atoms with van der Waals surface area (Å²) < 4.78 is 6.62. The molecule has 0 bridgehead atoms. The monoisotopic (exact) mass is 437 g/mol. The lowest BCUT2D eigenvalue weighted by atomic mass is 9.89. The van der Waals surface area contributed by atoms with E-state index in [0.717, 1.165) is 11.4 Å². The Hall–Kier alpha value is -3.49. The van der Waals surface area contributed by atoms with E-state index in [-0.39, 0.29) is 23.2 Å². The van der Waals surface area contributed by atoms with Crippen molar-refractivity contribution in [2.75, 3.05) is 20.2 Å². The van der Waals surface area contributed by atoms with Gasteiger partial charge in [0, 0.05) is 55.1 Å². The first-order chi connectivity index (χ1) is 15.4. The van der Waals surface area contributed by atoms with E-state index in [1.165, 1.54) is 7.11 Å². The van der Waals surface area contributed by atoms with Crippen LogP contribution in [-0.2, 0) is 11.2 Å². The molecule has 1 saturated heterocycles. The summed E-state index contributed by atoms with van der Waals surface area (Å²) in [5.74, 6) is 0.537. The summed E-state index contributed by atoms with van der Waals surface area (Å²) >= 11 is 0. The van der Waals surface area contributed by atoms with E-state index in [0.29, 0.717) is 62.2 Å². The third-order valence-electron chi connectivity index (χ3n) is 5.93. The molecule has 4 rings (SSSR count). The Morgan fingerprint density at radius 2 is 2.03 bits per heavy atom.